The lowest BCUT2D eigenvalue weighted by atomic mass is 9.99. The van der Waals surface area contributed by atoms with Gasteiger partial charge in [0, 0.05) is 24.5 Å². The first-order valence-corrected chi connectivity index (χ1v) is 10.5. The molecule has 0 bridgehead atoms. The zero-order chi connectivity index (χ0) is 20.5. The average molecular weight is 414 g/mol. The topological polar surface area (TPSA) is 56.8 Å². The Bertz CT molecular complexity index is 1100. The van der Waals surface area contributed by atoms with Crippen LogP contribution in [0.2, 0.25) is 0 Å². The monoisotopic (exact) mass is 413 g/mol. The van der Waals surface area contributed by atoms with Crippen LogP contribution in [0.5, 0.6) is 11.5 Å². The van der Waals surface area contributed by atoms with Gasteiger partial charge in [0.2, 0.25) is 4.77 Å². The van der Waals surface area contributed by atoms with Gasteiger partial charge in [0.25, 0.3) is 5.78 Å². The van der Waals surface area contributed by atoms with Crippen LogP contribution in [0, 0.1) is 18.6 Å². The number of rotatable bonds is 6. The molecular weight excluding hydrogens is 386 g/mol. The van der Waals surface area contributed by atoms with Crippen LogP contribution in [0.3, 0.4) is 0 Å². The molecule has 3 aromatic rings. The summed E-state index contributed by atoms with van der Waals surface area (Å²) >= 11 is 5.53. The Hall–Kier alpha value is -2.45. The minimum Gasteiger partial charge on any atom is -0.490 e. The summed E-state index contributed by atoms with van der Waals surface area (Å²) in [5.41, 5.74) is 4.62. The highest BCUT2D eigenvalue weighted by Gasteiger charge is 2.21. The van der Waals surface area contributed by atoms with Crippen molar-refractivity contribution in [2.75, 3.05) is 19.8 Å². The van der Waals surface area contributed by atoms with Gasteiger partial charge >= 0.3 is 0 Å². The van der Waals surface area contributed by atoms with Crippen molar-refractivity contribution in [3.8, 4) is 11.5 Å². The van der Waals surface area contributed by atoms with E-state index in [2.05, 4.69) is 40.0 Å². The Morgan fingerprint density at radius 2 is 1.69 bits per heavy atom. The van der Waals surface area contributed by atoms with Gasteiger partial charge in [-0.1, -0.05) is 0 Å². The standard InChI is InChI=1S/C21H27N5O2S/c1-5-27-18-10-16-7-8-24(12-17(16)11-19(18)28-6-2)13-25-21(29)23-20-22-14(3)9-15(4)26(20)25/h9-11H,5-8,12-13H2,1-4H3. The molecule has 1 aliphatic heterocycles. The van der Waals surface area contributed by atoms with Crippen LogP contribution in [0.25, 0.3) is 5.78 Å². The minimum atomic E-state index is 0.554. The van der Waals surface area contributed by atoms with Crippen molar-refractivity contribution in [1.29, 1.82) is 0 Å². The van der Waals surface area contributed by atoms with Crippen molar-refractivity contribution >= 4 is 18.0 Å². The molecule has 3 heterocycles. The van der Waals surface area contributed by atoms with Gasteiger partial charge in [-0.05, 0) is 75.7 Å². The van der Waals surface area contributed by atoms with Crippen molar-refractivity contribution in [3.63, 3.8) is 0 Å². The number of benzene rings is 1. The van der Waals surface area contributed by atoms with Gasteiger partial charge in [-0.2, -0.15) is 4.98 Å². The lowest BCUT2D eigenvalue weighted by molar-refractivity contribution is 0.183. The summed E-state index contributed by atoms with van der Waals surface area (Å²) < 4.78 is 16.2. The predicted molar refractivity (Wildman–Crippen MR) is 114 cm³/mol. The predicted octanol–water partition coefficient (Wildman–Crippen LogP) is 3.69. The number of ether oxygens (including phenoxy) is 2. The highest BCUT2D eigenvalue weighted by molar-refractivity contribution is 7.71. The summed E-state index contributed by atoms with van der Waals surface area (Å²) in [6.45, 7) is 11.7. The zero-order valence-electron chi connectivity index (χ0n) is 17.4. The van der Waals surface area contributed by atoms with Crippen LogP contribution >= 0.6 is 12.2 Å². The fraction of sp³-hybridized carbons (Fsp3) is 0.476. The van der Waals surface area contributed by atoms with Crippen LogP contribution in [0.15, 0.2) is 18.2 Å². The molecule has 0 unspecified atom stereocenters. The normalized spacial score (nSPS) is 14.2. The van der Waals surface area contributed by atoms with Crippen LogP contribution in [0.1, 0.15) is 36.4 Å². The van der Waals surface area contributed by atoms with Crippen molar-refractivity contribution in [3.05, 3.63) is 45.5 Å². The van der Waals surface area contributed by atoms with E-state index < -0.39 is 0 Å². The summed E-state index contributed by atoms with van der Waals surface area (Å²) in [7, 11) is 0. The second-order valence-corrected chi connectivity index (χ2v) is 7.69. The van der Waals surface area contributed by atoms with Gasteiger partial charge < -0.3 is 9.47 Å². The first-order chi connectivity index (χ1) is 14.0. The molecule has 4 rings (SSSR count). The van der Waals surface area contributed by atoms with Gasteiger partial charge in [-0.15, -0.1) is 0 Å². The molecule has 7 nitrogen and oxygen atoms in total. The van der Waals surface area contributed by atoms with Gasteiger partial charge in [0.15, 0.2) is 11.5 Å². The van der Waals surface area contributed by atoms with E-state index in [9.17, 15) is 0 Å². The molecule has 0 radical (unpaired) electrons. The van der Waals surface area contributed by atoms with E-state index in [-0.39, 0.29) is 0 Å². The van der Waals surface area contributed by atoms with Crippen LogP contribution < -0.4 is 9.47 Å². The van der Waals surface area contributed by atoms with E-state index in [0.29, 0.717) is 30.4 Å². The number of aromatic nitrogens is 4. The molecule has 154 valence electrons. The number of hydrogen-bond donors (Lipinski definition) is 0. The van der Waals surface area contributed by atoms with E-state index in [0.717, 1.165) is 42.4 Å². The molecular formula is C21H27N5O2S. The summed E-state index contributed by atoms with van der Waals surface area (Å²) in [6.07, 6.45) is 0.961. The lowest BCUT2D eigenvalue weighted by Gasteiger charge is -2.30. The molecule has 2 aromatic heterocycles. The second kappa shape index (κ2) is 8.12. The highest BCUT2D eigenvalue weighted by atomic mass is 32.1. The molecule has 0 N–H and O–H groups in total. The van der Waals surface area contributed by atoms with E-state index in [1.165, 1.54) is 11.1 Å². The quantitative estimate of drug-likeness (QED) is 0.575. The zero-order valence-corrected chi connectivity index (χ0v) is 18.3. The maximum Gasteiger partial charge on any atom is 0.252 e. The molecule has 8 heteroatoms. The van der Waals surface area contributed by atoms with E-state index >= 15 is 0 Å². The average Bonchev–Trinajstić information content (AvgIpc) is 2.98. The molecule has 0 atom stereocenters. The van der Waals surface area contributed by atoms with Gasteiger partial charge in [-0.3, -0.25) is 4.90 Å². The molecule has 0 amide bonds. The maximum absolute atomic E-state index is 5.81. The Kier molecular flexibility index (Phi) is 5.56. The Morgan fingerprint density at radius 1 is 1.00 bits per heavy atom. The summed E-state index contributed by atoms with van der Waals surface area (Å²) in [6, 6.07) is 6.31. The molecule has 0 saturated heterocycles. The van der Waals surface area contributed by atoms with E-state index in [4.69, 9.17) is 21.7 Å². The summed E-state index contributed by atoms with van der Waals surface area (Å²) in [5, 5.41) is 0. The number of hydrogen-bond acceptors (Lipinski definition) is 6. The third-order valence-corrected chi connectivity index (χ3v) is 5.47. The number of nitrogens with zero attached hydrogens (tertiary/aromatic N) is 5. The number of aryl methyl sites for hydroxylation is 2. The van der Waals surface area contributed by atoms with Crippen molar-refractivity contribution in [2.24, 2.45) is 0 Å². The van der Waals surface area contributed by atoms with Gasteiger partial charge in [-0.25, -0.2) is 14.2 Å². The molecule has 0 spiro atoms. The lowest BCUT2D eigenvalue weighted by Crippen LogP contribution is -2.33. The van der Waals surface area contributed by atoms with Crippen molar-refractivity contribution in [1.82, 2.24) is 24.1 Å². The summed E-state index contributed by atoms with van der Waals surface area (Å²) in [5.74, 6) is 2.31. The highest BCUT2D eigenvalue weighted by Crippen LogP contribution is 2.34. The van der Waals surface area contributed by atoms with Crippen molar-refractivity contribution < 1.29 is 9.47 Å². The first-order valence-electron chi connectivity index (χ1n) is 10.1. The van der Waals surface area contributed by atoms with Gasteiger partial charge in [0.1, 0.15) is 0 Å². The third-order valence-electron chi connectivity index (χ3n) is 5.17. The smallest absolute Gasteiger partial charge is 0.252 e. The van der Waals surface area contributed by atoms with Gasteiger partial charge in [0.05, 0.1) is 19.9 Å². The second-order valence-electron chi connectivity index (χ2n) is 7.32. The van der Waals surface area contributed by atoms with E-state index in [1.807, 2.05) is 30.0 Å². The Balaban J connectivity index is 1.63. The molecule has 0 aliphatic carbocycles. The fourth-order valence-corrected chi connectivity index (χ4v) is 4.17. The van der Waals surface area contributed by atoms with E-state index in [1.54, 1.807) is 0 Å². The Morgan fingerprint density at radius 3 is 2.38 bits per heavy atom. The van der Waals surface area contributed by atoms with Crippen LogP contribution in [-0.4, -0.2) is 43.8 Å². The SMILES string of the molecule is CCOc1cc2c(cc1OCC)CN(Cn1c(=S)nc3nc(C)cc(C)n31)CC2. The van der Waals surface area contributed by atoms with Crippen LogP contribution in [-0.2, 0) is 19.6 Å². The van der Waals surface area contributed by atoms with Crippen LogP contribution in [0.4, 0.5) is 0 Å². The molecule has 0 fully saturated rings. The Labute approximate surface area is 175 Å². The number of fused-ring (bicyclic) bond motifs is 2. The molecule has 1 aromatic carbocycles. The van der Waals surface area contributed by atoms with Crippen molar-refractivity contribution in [2.45, 2.75) is 47.3 Å². The fourth-order valence-electron chi connectivity index (χ4n) is 3.95. The minimum absolute atomic E-state index is 0.554. The molecule has 1 aliphatic rings. The molecule has 0 saturated carbocycles. The maximum atomic E-state index is 5.81. The first kappa shape index (κ1) is 19.8. The third kappa shape index (κ3) is 3.86. The summed E-state index contributed by atoms with van der Waals surface area (Å²) in [4.78, 5) is 11.4. The molecule has 29 heavy (non-hydrogen) atoms. The largest absolute Gasteiger partial charge is 0.490 e.